The van der Waals surface area contributed by atoms with Crippen LogP contribution in [0.1, 0.15) is 45.2 Å². The lowest BCUT2D eigenvalue weighted by molar-refractivity contribution is -0.128. The summed E-state index contributed by atoms with van der Waals surface area (Å²) in [5.74, 6) is 0.123. The number of amides is 1. The molecule has 0 radical (unpaired) electrons. The van der Waals surface area contributed by atoms with Crippen molar-refractivity contribution in [3.05, 3.63) is 35.9 Å². The van der Waals surface area contributed by atoms with Gasteiger partial charge in [0, 0.05) is 12.0 Å². The summed E-state index contributed by atoms with van der Waals surface area (Å²) in [7, 11) is 0. The second kappa shape index (κ2) is 6.40. The summed E-state index contributed by atoms with van der Waals surface area (Å²) in [6.07, 6.45) is 2.52. The van der Waals surface area contributed by atoms with Gasteiger partial charge in [-0.1, -0.05) is 51.1 Å². The molecule has 0 bridgehead atoms. The highest BCUT2D eigenvalue weighted by Gasteiger charge is 2.26. The molecule has 1 saturated heterocycles. The molecule has 1 aromatic carbocycles. The van der Waals surface area contributed by atoms with Crippen molar-refractivity contribution in [3.8, 4) is 0 Å². The molecule has 0 aromatic heterocycles. The monoisotopic (exact) mass is 274 g/mol. The van der Waals surface area contributed by atoms with Crippen LogP contribution in [0.25, 0.3) is 0 Å². The maximum atomic E-state index is 12.1. The van der Waals surface area contributed by atoms with Gasteiger partial charge in [-0.2, -0.15) is 0 Å². The highest BCUT2D eigenvalue weighted by atomic mass is 16.2. The van der Waals surface area contributed by atoms with E-state index in [1.165, 1.54) is 18.4 Å². The maximum Gasteiger partial charge on any atom is 0.225 e. The van der Waals surface area contributed by atoms with E-state index in [0.29, 0.717) is 12.6 Å². The van der Waals surface area contributed by atoms with Crippen LogP contribution in [-0.2, 0) is 4.79 Å². The molecule has 1 aromatic rings. The van der Waals surface area contributed by atoms with E-state index in [-0.39, 0.29) is 11.3 Å². The summed E-state index contributed by atoms with van der Waals surface area (Å²) in [6.45, 7) is 8.82. The highest BCUT2D eigenvalue weighted by Crippen LogP contribution is 2.24. The van der Waals surface area contributed by atoms with Crippen LogP contribution in [0.2, 0.25) is 0 Å². The van der Waals surface area contributed by atoms with Crippen molar-refractivity contribution in [2.45, 2.75) is 39.7 Å². The van der Waals surface area contributed by atoms with E-state index in [1.807, 2.05) is 26.8 Å². The number of hydrogen-bond donors (Lipinski definition) is 1. The Bertz CT molecular complexity index is 430. The number of carbonyl (C=O) groups is 1. The van der Waals surface area contributed by atoms with Crippen LogP contribution in [0.15, 0.2) is 30.3 Å². The number of likely N-dealkylation sites (tertiary alicyclic amines) is 1. The Kier molecular flexibility index (Phi) is 4.81. The second-order valence-corrected chi connectivity index (χ2v) is 6.63. The minimum Gasteiger partial charge on any atom is -0.354 e. The fraction of sp³-hybridized carbons (Fsp3) is 0.588. The first-order chi connectivity index (χ1) is 9.48. The second-order valence-electron chi connectivity index (χ2n) is 6.63. The zero-order valence-corrected chi connectivity index (χ0v) is 12.9. The van der Waals surface area contributed by atoms with Crippen LogP contribution >= 0.6 is 0 Å². The molecule has 1 aliphatic heterocycles. The molecule has 110 valence electrons. The van der Waals surface area contributed by atoms with Gasteiger partial charge in [0.15, 0.2) is 0 Å². The Morgan fingerprint density at radius 1 is 1.20 bits per heavy atom. The Hall–Kier alpha value is -1.35. The van der Waals surface area contributed by atoms with Crippen LogP contribution in [0.4, 0.5) is 0 Å². The molecule has 3 nitrogen and oxygen atoms in total. The normalized spacial score (nSPS) is 17.9. The minimum absolute atomic E-state index is 0.123. The first-order valence-corrected chi connectivity index (χ1v) is 7.56. The molecule has 3 heteroatoms. The Morgan fingerprint density at radius 2 is 1.80 bits per heavy atom. The number of benzene rings is 1. The van der Waals surface area contributed by atoms with Crippen LogP contribution in [0, 0.1) is 5.41 Å². The molecule has 0 spiro atoms. The van der Waals surface area contributed by atoms with Gasteiger partial charge >= 0.3 is 0 Å². The van der Waals surface area contributed by atoms with Crippen LogP contribution in [0.5, 0.6) is 0 Å². The van der Waals surface area contributed by atoms with Gasteiger partial charge in [-0.3, -0.25) is 9.69 Å². The van der Waals surface area contributed by atoms with Crippen molar-refractivity contribution in [1.82, 2.24) is 10.2 Å². The van der Waals surface area contributed by atoms with Gasteiger partial charge in [-0.25, -0.2) is 0 Å². The first-order valence-electron chi connectivity index (χ1n) is 7.56. The van der Waals surface area contributed by atoms with Crippen molar-refractivity contribution < 1.29 is 4.79 Å². The molecule has 1 N–H and O–H groups in total. The quantitative estimate of drug-likeness (QED) is 0.915. The van der Waals surface area contributed by atoms with Crippen molar-refractivity contribution >= 4 is 5.91 Å². The Labute approximate surface area is 122 Å². The number of nitrogens with one attached hydrogen (secondary N) is 1. The summed E-state index contributed by atoms with van der Waals surface area (Å²) >= 11 is 0. The predicted octanol–water partition coefficient (Wildman–Crippen LogP) is 2.99. The lowest BCUT2D eigenvalue weighted by atomic mass is 9.95. The van der Waals surface area contributed by atoms with Gasteiger partial charge in [0.2, 0.25) is 5.91 Å². The number of rotatable bonds is 4. The Balaban J connectivity index is 2.06. The van der Waals surface area contributed by atoms with E-state index in [0.717, 1.165) is 13.1 Å². The molecule has 1 unspecified atom stereocenters. The third kappa shape index (κ3) is 3.83. The fourth-order valence-corrected chi connectivity index (χ4v) is 2.64. The molecule has 20 heavy (non-hydrogen) atoms. The molecule has 1 aliphatic rings. The fourth-order valence-electron chi connectivity index (χ4n) is 2.64. The first kappa shape index (κ1) is 15.0. The van der Waals surface area contributed by atoms with Gasteiger partial charge in [-0.15, -0.1) is 0 Å². The van der Waals surface area contributed by atoms with Crippen LogP contribution in [-0.4, -0.2) is 30.4 Å². The van der Waals surface area contributed by atoms with Crippen molar-refractivity contribution in [2.24, 2.45) is 5.41 Å². The molecule has 1 amide bonds. The highest BCUT2D eigenvalue weighted by molar-refractivity contribution is 5.81. The number of nitrogens with zero attached hydrogens (tertiary/aromatic N) is 1. The molecule has 1 heterocycles. The number of hydrogen-bond acceptors (Lipinski definition) is 2. The molecular formula is C17H26N2O. The van der Waals surface area contributed by atoms with E-state index in [2.05, 4.69) is 34.5 Å². The summed E-state index contributed by atoms with van der Waals surface area (Å²) in [5, 5.41) is 3.12. The van der Waals surface area contributed by atoms with Gasteiger partial charge in [0.1, 0.15) is 0 Å². The zero-order chi connectivity index (χ0) is 14.6. The van der Waals surface area contributed by atoms with Crippen molar-refractivity contribution in [2.75, 3.05) is 19.6 Å². The maximum absolute atomic E-state index is 12.1. The van der Waals surface area contributed by atoms with Gasteiger partial charge < -0.3 is 5.32 Å². The SMILES string of the molecule is CC(C)(C)C(=O)NCC(c1ccccc1)N1CCCC1. The Morgan fingerprint density at radius 3 is 2.35 bits per heavy atom. The van der Waals surface area contributed by atoms with Crippen molar-refractivity contribution in [3.63, 3.8) is 0 Å². The summed E-state index contributed by atoms with van der Waals surface area (Å²) in [4.78, 5) is 14.6. The minimum atomic E-state index is -0.327. The lowest BCUT2D eigenvalue weighted by Gasteiger charge is -2.29. The van der Waals surface area contributed by atoms with Crippen molar-refractivity contribution in [1.29, 1.82) is 0 Å². The van der Waals surface area contributed by atoms with Gasteiger partial charge in [0.05, 0.1) is 6.04 Å². The van der Waals surface area contributed by atoms with Gasteiger partial charge in [-0.05, 0) is 31.5 Å². The summed E-state index contributed by atoms with van der Waals surface area (Å²) < 4.78 is 0. The molecule has 2 rings (SSSR count). The molecule has 0 saturated carbocycles. The average molecular weight is 274 g/mol. The molecule has 1 atom stereocenters. The van der Waals surface area contributed by atoms with E-state index in [1.54, 1.807) is 0 Å². The van der Waals surface area contributed by atoms with E-state index < -0.39 is 0 Å². The summed E-state index contributed by atoms with van der Waals surface area (Å²) in [6, 6.07) is 10.8. The standard InChI is InChI=1S/C17H26N2O/c1-17(2,3)16(20)18-13-15(19-11-7-8-12-19)14-9-5-4-6-10-14/h4-6,9-10,15H,7-8,11-13H2,1-3H3,(H,18,20). The smallest absolute Gasteiger partial charge is 0.225 e. The lowest BCUT2D eigenvalue weighted by Crippen LogP contribution is -2.41. The molecule has 1 fully saturated rings. The average Bonchev–Trinajstić information content (AvgIpc) is 2.93. The van der Waals surface area contributed by atoms with E-state index in [4.69, 9.17) is 0 Å². The topological polar surface area (TPSA) is 32.3 Å². The van der Waals surface area contributed by atoms with E-state index >= 15 is 0 Å². The van der Waals surface area contributed by atoms with E-state index in [9.17, 15) is 4.79 Å². The van der Waals surface area contributed by atoms with Crippen LogP contribution in [0.3, 0.4) is 0 Å². The molecular weight excluding hydrogens is 248 g/mol. The summed E-state index contributed by atoms with van der Waals surface area (Å²) in [5.41, 5.74) is 0.968. The largest absolute Gasteiger partial charge is 0.354 e. The van der Waals surface area contributed by atoms with Crippen LogP contribution < -0.4 is 5.32 Å². The predicted molar refractivity (Wildman–Crippen MR) is 82.5 cm³/mol. The van der Waals surface area contributed by atoms with Gasteiger partial charge in [0.25, 0.3) is 0 Å². The molecule has 0 aliphatic carbocycles. The third-order valence-corrected chi connectivity index (χ3v) is 3.90. The zero-order valence-electron chi connectivity index (χ0n) is 12.9. The number of carbonyl (C=O) groups excluding carboxylic acids is 1. The third-order valence-electron chi connectivity index (χ3n) is 3.90.